The summed E-state index contributed by atoms with van der Waals surface area (Å²) in [4.78, 5) is 14.6. The number of hydrogen-bond donors (Lipinski definition) is 5. The van der Waals surface area contributed by atoms with Gasteiger partial charge >= 0.3 is 0 Å². The third-order valence-electron chi connectivity index (χ3n) is 12.9. The summed E-state index contributed by atoms with van der Waals surface area (Å²) in [5.74, 6) is -4.79. The molecule has 11 heteroatoms. The van der Waals surface area contributed by atoms with Gasteiger partial charge in [0.2, 0.25) is 17.2 Å². The number of benzene rings is 9. The number of nitrogens with zero attached hydrogens (tertiary/aromatic N) is 5. The lowest BCUT2D eigenvalue weighted by atomic mass is 10.0. The summed E-state index contributed by atoms with van der Waals surface area (Å²) in [7, 11) is 0. The zero-order chi connectivity index (χ0) is 45.8. The summed E-state index contributed by atoms with van der Waals surface area (Å²) in [6, 6.07) is 62.1. The van der Waals surface area contributed by atoms with Crippen molar-refractivity contribution in [2.75, 3.05) is 0 Å². The second kappa shape index (κ2) is 14.9. The third-order valence-corrected chi connectivity index (χ3v) is 14.1. The molecular formula is C57H35N5O5S. The number of aromatic nitrogens is 5. The van der Waals surface area contributed by atoms with Crippen LogP contribution in [0.25, 0.3) is 120 Å². The van der Waals surface area contributed by atoms with Crippen LogP contribution in [0, 0.1) is 0 Å². The fraction of sp³-hybridized carbons (Fsp3) is 0. The van der Waals surface area contributed by atoms with E-state index in [9.17, 15) is 25.5 Å². The summed E-state index contributed by atoms with van der Waals surface area (Å²) in [5, 5.41) is 60.3. The molecular weight excluding hydrogens is 867 g/mol. The van der Waals surface area contributed by atoms with E-state index in [4.69, 9.17) is 15.0 Å². The van der Waals surface area contributed by atoms with Crippen LogP contribution >= 0.6 is 11.3 Å². The minimum Gasteiger partial charge on any atom is -0.504 e. The Morgan fingerprint density at radius 1 is 0.338 bits per heavy atom. The molecule has 0 aliphatic carbocycles. The van der Waals surface area contributed by atoms with Crippen LogP contribution in [0.1, 0.15) is 0 Å². The molecule has 13 rings (SSSR count). The Kier molecular flexibility index (Phi) is 8.60. The summed E-state index contributed by atoms with van der Waals surface area (Å²) in [6.07, 6.45) is 0. The number of aromatic hydroxyl groups is 5. The summed E-state index contributed by atoms with van der Waals surface area (Å²) >= 11 is 1.70. The van der Waals surface area contributed by atoms with Crippen molar-refractivity contribution >= 4 is 75.1 Å². The van der Waals surface area contributed by atoms with Gasteiger partial charge in [0.05, 0.1) is 32.5 Å². The van der Waals surface area contributed by atoms with Gasteiger partial charge in [-0.3, -0.25) is 0 Å². The van der Waals surface area contributed by atoms with E-state index in [1.54, 1.807) is 11.3 Å². The lowest BCUT2D eigenvalue weighted by Gasteiger charge is -2.13. The highest BCUT2D eigenvalue weighted by Gasteiger charge is 2.28. The number of fused-ring (bicyclic) bond motifs is 9. The molecule has 0 saturated carbocycles. The van der Waals surface area contributed by atoms with Gasteiger partial charge in [0.1, 0.15) is 5.56 Å². The van der Waals surface area contributed by atoms with Crippen molar-refractivity contribution in [3.05, 3.63) is 182 Å². The van der Waals surface area contributed by atoms with E-state index in [2.05, 4.69) is 118 Å². The molecule has 0 radical (unpaired) electrons. The van der Waals surface area contributed by atoms with Crippen molar-refractivity contribution in [3.8, 4) is 85.4 Å². The van der Waals surface area contributed by atoms with Gasteiger partial charge in [0.25, 0.3) is 0 Å². The van der Waals surface area contributed by atoms with Crippen LogP contribution in [-0.2, 0) is 0 Å². The Balaban J connectivity index is 1.01. The van der Waals surface area contributed by atoms with E-state index < -0.39 is 34.3 Å². The molecule has 4 aromatic heterocycles. The highest BCUT2D eigenvalue weighted by molar-refractivity contribution is 7.26. The van der Waals surface area contributed by atoms with Crippen LogP contribution in [0.5, 0.6) is 28.7 Å². The topological polar surface area (TPSA) is 150 Å². The quantitative estimate of drug-likeness (QED) is 0.0818. The highest BCUT2D eigenvalue weighted by Crippen LogP contribution is 2.54. The van der Waals surface area contributed by atoms with Crippen LogP contribution in [0.2, 0.25) is 0 Å². The van der Waals surface area contributed by atoms with Crippen LogP contribution in [0.15, 0.2) is 182 Å². The predicted octanol–water partition coefficient (Wildman–Crippen LogP) is 13.6. The second-order valence-corrected chi connectivity index (χ2v) is 17.8. The fourth-order valence-electron chi connectivity index (χ4n) is 9.75. The molecule has 9 aromatic carbocycles. The van der Waals surface area contributed by atoms with Crippen molar-refractivity contribution in [1.29, 1.82) is 0 Å². The summed E-state index contributed by atoms with van der Waals surface area (Å²) in [5.41, 5.74) is 9.26. The monoisotopic (exact) mass is 901 g/mol. The lowest BCUT2D eigenvalue weighted by molar-refractivity contribution is 0.329. The lowest BCUT2D eigenvalue weighted by Crippen LogP contribution is -2.01. The van der Waals surface area contributed by atoms with Crippen LogP contribution in [0.4, 0.5) is 0 Å². The molecule has 324 valence electrons. The van der Waals surface area contributed by atoms with Gasteiger partial charge in [-0.2, -0.15) is 0 Å². The Hall–Kier alpha value is -9.19. The zero-order valence-corrected chi connectivity index (χ0v) is 36.5. The molecule has 68 heavy (non-hydrogen) atoms. The minimum atomic E-state index is -1.08. The van der Waals surface area contributed by atoms with E-state index >= 15 is 0 Å². The van der Waals surface area contributed by atoms with Gasteiger partial charge in [0, 0.05) is 53.8 Å². The Labute approximate surface area is 390 Å². The van der Waals surface area contributed by atoms with Crippen LogP contribution in [-0.4, -0.2) is 49.6 Å². The van der Waals surface area contributed by atoms with Gasteiger partial charge < -0.3 is 34.7 Å². The molecule has 0 amide bonds. The van der Waals surface area contributed by atoms with E-state index in [-0.39, 0.29) is 17.5 Å². The largest absolute Gasteiger partial charge is 0.504 e. The van der Waals surface area contributed by atoms with Gasteiger partial charge in [0.15, 0.2) is 29.0 Å². The predicted molar refractivity (Wildman–Crippen MR) is 271 cm³/mol. The number of thiophene rings is 1. The average molecular weight is 902 g/mol. The second-order valence-electron chi connectivity index (χ2n) is 16.8. The molecule has 0 saturated heterocycles. The maximum Gasteiger partial charge on any atom is 0.208 e. The molecule has 5 N–H and O–H groups in total. The van der Waals surface area contributed by atoms with E-state index in [0.717, 1.165) is 86.3 Å². The molecule has 0 fully saturated rings. The molecule has 0 atom stereocenters. The maximum atomic E-state index is 11.2. The number of rotatable bonds is 6. The molecule has 0 unspecified atom stereocenters. The van der Waals surface area contributed by atoms with Crippen molar-refractivity contribution in [1.82, 2.24) is 24.1 Å². The standard InChI is InChI=1S/C57H35N5O5S/c63-49-48(50(64)52(66)53(67)51(49)65)57-59-55(33-23-26-44-40(28-33)37-17-8-9-19-42(37)61(44)35-14-5-2-6-15-35)58-56(60-57)34-24-27-47-41(29-34)39-18-11-21-45(54(39)68-47)62-43-20-10-7-16-36(43)38-25-22-32(30-46(38)62)31-12-3-1-4-13-31/h1-30,63-67H. The molecule has 13 aromatic rings. The summed E-state index contributed by atoms with van der Waals surface area (Å²) in [6.45, 7) is 0. The molecule has 10 nitrogen and oxygen atoms in total. The Bertz CT molecular complexity index is 4190. The van der Waals surface area contributed by atoms with Crippen molar-refractivity contribution < 1.29 is 25.5 Å². The Morgan fingerprint density at radius 3 is 1.59 bits per heavy atom. The van der Waals surface area contributed by atoms with E-state index in [0.29, 0.717) is 11.1 Å². The fourth-order valence-corrected chi connectivity index (χ4v) is 10.9. The number of phenols is 5. The van der Waals surface area contributed by atoms with Crippen molar-refractivity contribution in [2.24, 2.45) is 0 Å². The van der Waals surface area contributed by atoms with E-state index in [1.807, 2.05) is 72.8 Å². The average Bonchev–Trinajstić information content (AvgIpc) is 4.05. The Morgan fingerprint density at radius 2 is 0.868 bits per heavy atom. The highest BCUT2D eigenvalue weighted by atomic mass is 32.1. The third kappa shape index (κ3) is 5.86. The number of para-hydroxylation sites is 3. The summed E-state index contributed by atoms with van der Waals surface area (Å²) < 4.78 is 6.69. The molecule has 0 aliphatic heterocycles. The van der Waals surface area contributed by atoms with Gasteiger partial charge in [-0.25, -0.2) is 15.0 Å². The first kappa shape index (κ1) is 39.2. The van der Waals surface area contributed by atoms with E-state index in [1.165, 1.54) is 0 Å². The van der Waals surface area contributed by atoms with Gasteiger partial charge in [-0.15, -0.1) is 11.3 Å². The zero-order valence-electron chi connectivity index (χ0n) is 35.7. The molecule has 0 aliphatic rings. The SMILES string of the molecule is Oc1c(O)c(O)c(-c2nc(-c3ccc4sc5c(-n6c7ccccc7c7ccc(-c8ccccc8)cc76)cccc5c4c3)nc(-c3ccc4c(c3)c3ccccc3n4-c3ccccc3)n2)c(O)c1O. The van der Waals surface area contributed by atoms with Crippen LogP contribution in [0.3, 0.4) is 0 Å². The maximum absolute atomic E-state index is 11.2. The molecule has 0 spiro atoms. The molecule has 0 bridgehead atoms. The minimum absolute atomic E-state index is 0.202. The van der Waals surface area contributed by atoms with Gasteiger partial charge in [-0.05, 0) is 83.9 Å². The first-order valence-electron chi connectivity index (χ1n) is 21.9. The number of phenolic OH excluding ortho intramolecular Hbond substituents is 5. The first-order chi connectivity index (χ1) is 33.3. The first-order valence-corrected chi connectivity index (χ1v) is 22.7. The van der Waals surface area contributed by atoms with Crippen LogP contribution < -0.4 is 0 Å². The smallest absolute Gasteiger partial charge is 0.208 e. The number of hydrogen-bond acceptors (Lipinski definition) is 9. The van der Waals surface area contributed by atoms with Crippen molar-refractivity contribution in [3.63, 3.8) is 0 Å². The van der Waals surface area contributed by atoms with Crippen molar-refractivity contribution in [2.45, 2.75) is 0 Å². The molecule has 4 heterocycles. The van der Waals surface area contributed by atoms with Gasteiger partial charge in [-0.1, -0.05) is 109 Å². The normalized spacial score (nSPS) is 11.8.